The fourth-order valence-corrected chi connectivity index (χ4v) is 9.95. The summed E-state index contributed by atoms with van der Waals surface area (Å²) in [5, 5.41) is 4.32. The van der Waals surface area contributed by atoms with Crippen molar-refractivity contribution in [2.75, 3.05) is 0 Å². The molecule has 0 fully saturated rings. The second-order valence-electron chi connectivity index (χ2n) is 16.3. The molecule has 13 rings (SSSR count). The van der Waals surface area contributed by atoms with Crippen molar-refractivity contribution in [1.29, 1.82) is 0 Å². The highest BCUT2D eigenvalue weighted by atomic mass is 16.3. The molecule has 0 amide bonds. The zero-order chi connectivity index (χ0) is 41.5. The number of rotatable bonds is 6. The van der Waals surface area contributed by atoms with Crippen molar-refractivity contribution < 1.29 is 8.83 Å². The highest BCUT2D eigenvalue weighted by molar-refractivity contribution is 6.07. The molecule has 0 saturated heterocycles. The first kappa shape index (κ1) is 35.4. The summed E-state index contributed by atoms with van der Waals surface area (Å²) in [6.07, 6.45) is 0. The molecule has 0 N–H and O–H groups in total. The van der Waals surface area contributed by atoms with Crippen LogP contribution in [-0.4, -0.2) is 15.0 Å². The number of hydrogen-bond donors (Lipinski definition) is 0. The molecule has 0 bridgehead atoms. The van der Waals surface area contributed by atoms with E-state index in [2.05, 4.69) is 140 Å². The normalized spacial score (nSPS) is 12.9. The van der Waals surface area contributed by atoms with Gasteiger partial charge in [0.05, 0.1) is 5.41 Å². The van der Waals surface area contributed by atoms with Crippen molar-refractivity contribution in [3.63, 3.8) is 0 Å². The van der Waals surface area contributed by atoms with Crippen LogP contribution in [0, 0.1) is 0 Å². The van der Waals surface area contributed by atoms with Crippen LogP contribution in [0.5, 0.6) is 0 Å². The summed E-state index contributed by atoms with van der Waals surface area (Å²) < 4.78 is 12.5. The van der Waals surface area contributed by atoms with Gasteiger partial charge in [-0.3, -0.25) is 0 Å². The van der Waals surface area contributed by atoms with Gasteiger partial charge in [-0.05, 0) is 93.0 Å². The van der Waals surface area contributed by atoms with Gasteiger partial charge in [0.15, 0.2) is 17.5 Å². The van der Waals surface area contributed by atoms with Gasteiger partial charge in [0.1, 0.15) is 22.3 Å². The van der Waals surface area contributed by atoms with Gasteiger partial charge in [0.25, 0.3) is 0 Å². The Morgan fingerprint density at radius 3 is 1.41 bits per heavy atom. The topological polar surface area (TPSA) is 65.0 Å². The van der Waals surface area contributed by atoms with Crippen molar-refractivity contribution >= 4 is 43.9 Å². The first-order chi connectivity index (χ1) is 31.2. The van der Waals surface area contributed by atoms with Crippen LogP contribution in [0.3, 0.4) is 0 Å². The SMILES string of the molecule is c1ccc(-c2nc(-c3cccc(-c4ccc(C5(c6ccc7oc8ccccc8c7c6)c6ccccc6-c6ccccc65)cc4)c3)nc(-c3ccc4oc5ccccc5c4c3)n2)cc1. The van der Waals surface area contributed by atoms with Crippen LogP contribution in [0.15, 0.2) is 221 Å². The molecule has 3 aromatic heterocycles. The molecule has 0 atom stereocenters. The number of furan rings is 2. The zero-order valence-electron chi connectivity index (χ0n) is 33.9. The van der Waals surface area contributed by atoms with E-state index in [9.17, 15) is 0 Å². The molecule has 294 valence electrons. The maximum atomic E-state index is 6.32. The van der Waals surface area contributed by atoms with Crippen molar-refractivity contribution in [2.24, 2.45) is 0 Å². The van der Waals surface area contributed by atoms with Gasteiger partial charge < -0.3 is 8.83 Å². The molecule has 1 aliphatic rings. The molecule has 0 aliphatic heterocycles. The molecule has 9 aromatic carbocycles. The average molecular weight is 806 g/mol. The summed E-state index contributed by atoms with van der Waals surface area (Å²) >= 11 is 0. The monoisotopic (exact) mass is 805 g/mol. The maximum absolute atomic E-state index is 6.32. The van der Waals surface area contributed by atoms with E-state index in [1.165, 1.54) is 33.4 Å². The van der Waals surface area contributed by atoms with Gasteiger partial charge in [0.2, 0.25) is 0 Å². The lowest BCUT2D eigenvalue weighted by molar-refractivity contribution is 0.668. The zero-order valence-corrected chi connectivity index (χ0v) is 33.9. The van der Waals surface area contributed by atoms with Crippen LogP contribution in [0.25, 0.3) is 100 Å². The van der Waals surface area contributed by atoms with Crippen molar-refractivity contribution in [1.82, 2.24) is 15.0 Å². The van der Waals surface area contributed by atoms with Crippen LogP contribution in [0.2, 0.25) is 0 Å². The van der Waals surface area contributed by atoms with E-state index in [0.717, 1.165) is 71.7 Å². The minimum atomic E-state index is -0.555. The molecule has 1 aliphatic carbocycles. The first-order valence-corrected chi connectivity index (χ1v) is 21.2. The van der Waals surface area contributed by atoms with Gasteiger partial charge in [-0.25, -0.2) is 15.0 Å². The number of nitrogens with zero attached hydrogens (tertiary/aromatic N) is 3. The van der Waals surface area contributed by atoms with E-state index in [-0.39, 0.29) is 0 Å². The quantitative estimate of drug-likeness (QED) is 0.167. The predicted molar refractivity (Wildman–Crippen MR) is 253 cm³/mol. The van der Waals surface area contributed by atoms with E-state index in [1.807, 2.05) is 72.8 Å². The molecule has 0 saturated carbocycles. The summed E-state index contributed by atoms with van der Waals surface area (Å²) in [6.45, 7) is 0. The molecular weight excluding hydrogens is 771 g/mol. The summed E-state index contributed by atoms with van der Waals surface area (Å²) in [4.78, 5) is 15.2. The Morgan fingerprint density at radius 2 is 0.746 bits per heavy atom. The Kier molecular flexibility index (Phi) is 7.75. The van der Waals surface area contributed by atoms with E-state index < -0.39 is 5.41 Å². The molecule has 0 spiro atoms. The Balaban J connectivity index is 0.938. The maximum Gasteiger partial charge on any atom is 0.164 e. The largest absolute Gasteiger partial charge is 0.456 e. The van der Waals surface area contributed by atoms with Gasteiger partial charge in [-0.2, -0.15) is 0 Å². The summed E-state index contributed by atoms with van der Waals surface area (Å²) in [5.41, 5.74) is 15.3. The molecule has 3 heterocycles. The number of fused-ring (bicyclic) bond motifs is 9. The van der Waals surface area contributed by atoms with Gasteiger partial charge >= 0.3 is 0 Å². The number of aromatic nitrogens is 3. The number of hydrogen-bond acceptors (Lipinski definition) is 5. The molecular formula is C58H35N3O2. The van der Waals surface area contributed by atoms with E-state index in [0.29, 0.717) is 17.5 Å². The molecule has 63 heavy (non-hydrogen) atoms. The minimum absolute atomic E-state index is 0.555. The molecule has 5 heteroatoms. The Labute approximate surface area is 362 Å². The van der Waals surface area contributed by atoms with Crippen molar-refractivity contribution in [3.05, 3.63) is 235 Å². The summed E-state index contributed by atoms with van der Waals surface area (Å²) in [5.74, 6) is 1.83. The predicted octanol–water partition coefficient (Wildman–Crippen LogP) is 14.7. The van der Waals surface area contributed by atoms with Gasteiger partial charge in [-0.15, -0.1) is 0 Å². The van der Waals surface area contributed by atoms with E-state index in [1.54, 1.807) is 0 Å². The Bertz CT molecular complexity index is 3710. The molecule has 5 nitrogen and oxygen atoms in total. The fraction of sp³-hybridized carbons (Fsp3) is 0.0172. The average Bonchev–Trinajstić information content (AvgIpc) is 4.02. The lowest BCUT2D eigenvalue weighted by atomic mass is 9.67. The van der Waals surface area contributed by atoms with Crippen LogP contribution in [0.4, 0.5) is 0 Å². The third-order valence-electron chi connectivity index (χ3n) is 12.8. The Morgan fingerprint density at radius 1 is 0.286 bits per heavy atom. The second-order valence-corrected chi connectivity index (χ2v) is 16.3. The number of benzene rings is 9. The van der Waals surface area contributed by atoms with E-state index >= 15 is 0 Å². The smallest absolute Gasteiger partial charge is 0.164 e. The van der Waals surface area contributed by atoms with Crippen molar-refractivity contribution in [3.8, 4) is 56.4 Å². The van der Waals surface area contributed by atoms with Crippen LogP contribution >= 0.6 is 0 Å². The molecule has 12 aromatic rings. The third-order valence-corrected chi connectivity index (χ3v) is 12.8. The van der Waals surface area contributed by atoms with Gasteiger partial charge in [-0.1, -0.05) is 164 Å². The summed E-state index contributed by atoms with van der Waals surface area (Å²) in [6, 6.07) is 74.8. The third kappa shape index (κ3) is 5.46. The fourth-order valence-electron chi connectivity index (χ4n) is 9.95. The molecule has 0 unspecified atom stereocenters. The second kappa shape index (κ2) is 13.8. The number of para-hydroxylation sites is 2. The lowest BCUT2D eigenvalue weighted by Gasteiger charge is -2.34. The van der Waals surface area contributed by atoms with Crippen LogP contribution < -0.4 is 0 Å². The van der Waals surface area contributed by atoms with Gasteiger partial charge in [0, 0.05) is 38.2 Å². The molecule has 0 radical (unpaired) electrons. The highest BCUT2D eigenvalue weighted by Crippen LogP contribution is 2.56. The van der Waals surface area contributed by atoms with Crippen molar-refractivity contribution in [2.45, 2.75) is 5.41 Å². The Hall–Kier alpha value is -8.41. The van der Waals surface area contributed by atoms with Crippen LogP contribution in [0.1, 0.15) is 22.3 Å². The van der Waals surface area contributed by atoms with Crippen LogP contribution in [-0.2, 0) is 5.41 Å². The lowest BCUT2D eigenvalue weighted by Crippen LogP contribution is -2.28. The highest BCUT2D eigenvalue weighted by Gasteiger charge is 2.46. The minimum Gasteiger partial charge on any atom is -0.456 e. The summed E-state index contributed by atoms with van der Waals surface area (Å²) in [7, 11) is 0. The standard InChI is InChI=1S/C58H35N3O2/c1-2-13-37(14-3-1)55-59-56(61-57(60-55)40-27-31-53-47(34-40)45-19-6-10-23-51(45)62-53)39-16-12-15-38(33-39)36-25-28-41(29-26-36)58(49-21-8-4-17-43(49)44-18-5-9-22-50(44)58)42-30-32-54-48(35-42)46-20-7-11-24-52(46)63-54/h1-35H. The first-order valence-electron chi connectivity index (χ1n) is 21.2. The van der Waals surface area contributed by atoms with E-state index in [4.69, 9.17) is 23.8 Å².